The normalized spacial score (nSPS) is 10.8. The number of hydrogen-bond acceptors (Lipinski definition) is 5. The number of aliphatic hydroxyl groups is 2. The molecule has 0 aliphatic carbocycles. The van der Waals surface area contributed by atoms with Crippen LogP contribution in [0.2, 0.25) is 0 Å². The monoisotopic (exact) mass is 289 g/mol. The zero-order valence-electron chi connectivity index (χ0n) is 9.15. The molecule has 0 aliphatic heterocycles. The lowest BCUT2D eigenvalue weighted by molar-refractivity contribution is 0.203. The molecule has 5 nitrogen and oxygen atoms in total. The van der Waals surface area contributed by atoms with Crippen molar-refractivity contribution in [1.82, 2.24) is 9.97 Å². The van der Waals surface area contributed by atoms with Crippen LogP contribution in [0.5, 0.6) is 0 Å². The van der Waals surface area contributed by atoms with Crippen LogP contribution in [0.3, 0.4) is 0 Å². The molecule has 0 spiro atoms. The van der Waals surface area contributed by atoms with E-state index in [9.17, 15) is 0 Å². The summed E-state index contributed by atoms with van der Waals surface area (Å²) in [5.74, 6) is 1.35. The molecule has 0 atom stereocenters. The molecular weight excluding hydrogens is 274 g/mol. The van der Waals surface area contributed by atoms with E-state index in [-0.39, 0.29) is 13.2 Å². The van der Waals surface area contributed by atoms with Gasteiger partial charge in [0, 0.05) is 12.5 Å². The van der Waals surface area contributed by atoms with Gasteiger partial charge in [-0.25, -0.2) is 9.97 Å². The van der Waals surface area contributed by atoms with Gasteiger partial charge >= 0.3 is 0 Å². The molecule has 0 saturated carbocycles. The lowest BCUT2D eigenvalue weighted by Gasteiger charge is -2.14. The molecule has 1 aromatic heterocycles. The highest BCUT2D eigenvalue weighted by atomic mass is 79.9. The van der Waals surface area contributed by atoms with E-state index in [0.717, 1.165) is 18.7 Å². The molecule has 0 amide bonds. The molecule has 0 unspecified atom stereocenters. The quantitative estimate of drug-likeness (QED) is 0.680. The number of aryl methyl sites for hydroxylation is 1. The molecule has 0 aromatic carbocycles. The van der Waals surface area contributed by atoms with Gasteiger partial charge in [0.2, 0.25) is 0 Å². The second kappa shape index (κ2) is 6.78. The number of nitrogens with one attached hydrogen (secondary N) is 1. The van der Waals surface area contributed by atoms with E-state index in [1.54, 1.807) is 6.07 Å². The van der Waals surface area contributed by atoms with Crippen LogP contribution >= 0.6 is 15.9 Å². The Morgan fingerprint density at radius 1 is 1.38 bits per heavy atom. The fourth-order valence-corrected chi connectivity index (χ4v) is 1.65. The van der Waals surface area contributed by atoms with E-state index in [1.807, 2.05) is 0 Å². The van der Waals surface area contributed by atoms with Crippen molar-refractivity contribution in [3.63, 3.8) is 0 Å². The van der Waals surface area contributed by atoms with E-state index < -0.39 is 6.04 Å². The molecule has 0 radical (unpaired) electrons. The number of anilines is 1. The van der Waals surface area contributed by atoms with Crippen molar-refractivity contribution >= 4 is 21.7 Å². The number of halogens is 1. The predicted octanol–water partition coefficient (Wildman–Crippen LogP) is 0.957. The molecule has 0 fully saturated rings. The van der Waals surface area contributed by atoms with Crippen molar-refractivity contribution in [3.05, 3.63) is 16.5 Å². The summed E-state index contributed by atoms with van der Waals surface area (Å²) in [5, 5.41) is 20.8. The first-order valence-corrected chi connectivity index (χ1v) is 6.00. The van der Waals surface area contributed by atoms with Crippen molar-refractivity contribution < 1.29 is 10.2 Å². The van der Waals surface area contributed by atoms with Gasteiger partial charge in [0.15, 0.2) is 0 Å². The van der Waals surface area contributed by atoms with Gasteiger partial charge in [0.05, 0.1) is 19.3 Å². The zero-order chi connectivity index (χ0) is 12.0. The van der Waals surface area contributed by atoms with Gasteiger partial charge in [-0.1, -0.05) is 6.92 Å². The van der Waals surface area contributed by atoms with E-state index in [0.29, 0.717) is 10.4 Å². The molecule has 1 aromatic rings. The third-order valence-corrected chi connectivity index (χ3v) is 2.41. The smallest absolute Gasteiger partial charge is 0.132 e. The third kappa shape index (κ3) is 4.03. The first-order chi connectivity index (χ1) is 7.69. The Labute approximate surface area is 103 Å². The SMILES string of the molecule is CCCc1nc(Br)cc(NC(CO)CO)n1. The Morgan fingerprint density at radius 2 is 2.06 bits per heavy atom. The molecule has 6 heteroatoms. The van der Waals surface area contributed by atoms with Gasteiger partial charge in [-0.05, 0) is 22.4 Å². The summed E-state index contributed by atoms with van der Waals surface area (Å²) in [5.41, 5.74) is 0. The zero-order valence-corrected chi connectivity index (χ0v) is 10.7. The van der Waals surface area contributed by atoms with E-state index >= 15 is 0 Å². The van der Waals surface area contributed by atoms with Gasteiger partial charge < -0.3 is 15.5 Å². The van der Waals surface area contributed by atoms with Crippen LogP contribution in [-0.2, 0) is 6.42 Å². The Bertz CT molecular complexity index is 332. The third-order valence-electron chi connectivity index (χ3n) is 2.01. The van der Waals surface area contributed by atoms with Crippen LogP contribution in [0.4, 0.5) is 5.82 Å². The summed E-state index contributed by atoms with van der Waals surface area (Å²) in [7, 11) is 0. The number of nitrogens with zero attached hydrogens (tertiary/aromatic N) is 2. The second-order valence-electron chi connectivity index (χ2n) is 3.45. The highest BCUT2D eigenvalue weighted by molar-refractivity contribution is 9.10. The highest BCUT2D eigenvalue weighted by Gasteiger charge is 2.08. The maximum atomic E-state index is 8.95. The van der Waals surface area contributed by atoms with Crippen molar-refractivity contribution in [2.45, 2.75) is 25.8 Å². The Hall–Kier alpha value is -0.720. The molecule has 0 aliphatic rings. The molecule has 3 N–H and O–H groups in total. The molecule has 16 heavy (non-hydrogen) atoms. The second-order valence-corrected chi connectivity index (χ2v) is 4.26. The fraction of sp³-hybridized carbons (Fsp3) is 0.600. The van der Waals surface area contributed by atoms with Gasteiger partial charge in [-0.15, -0.1) is 0 Å². The van der Waals surface area contributed by atoms with Crippen LogP contribution < -0.4 is 5.32 Å². The van der Waals surface area contributed by atoms with E-state index in [1.165, 1.54) is 0 Å². The van der Waals surface area contributed by atoms with Crippen LogP contribution in [0.15, 0.2) is 10.7 Å². The number of hydrogen-bond donors (Lipinski definition) is 3. The summed E-state index contributed by atoms with van der Waals surface area (Å²) in [4.78, 5) is 8.51. The summed E-state index contributed by atoms with van der Waals surface area (Å²) >= 11 is 3.30. The molecule has 0 saturated heterocycles. The minimum Gasteiger partial charge on any atom is -0.394 e. The summed E-state index contributed by atoms with van der Waals surface area (Å²) in [6, 6.07) is 1.33. The summed E-state index contributed by atoms with van der Waals surface area (Å²) in [6.45, 7) is 1.78. The average Bonchev–Trinajstić information content (AvgIpc) is 2.25. The van der Waals surface area contributed by atoms with Crippen molar-refractivity contribution in [2.24, 2.45) is 0 Å². The number of aromatic nitrogens is 2. The first kappa shape index (κ1) is 13.3. The maximum Gasteiger partial charge on any atom is 0.132 e. The number of aliphatic hydroxyl groups excluding tert-OH is 2. The minimum absolute atomic E-state index is 0.138. The minimum atomic E-state index is -0.392. The molecule has 1 heterocycles. The van der Waals surface area contributed by atoms with Gasteiger partial charge in [-0.3, -0.25) is 0 Å². The predicted molar refractivity (Wildman–Crippen MR) is 65.3 cm³/mol. The van der Waals surface area contributed by atoms with Crippen LogP contribution in [0, 0.1) is 0 Å². The summed E-state index contributed by atoms with van der Waals surface area (Å²) in [6.07, 6.45) is 1.77. The van der Waals surface area contributed by atoms with Crippen LogP contribution in [-0.4, -0.2) is 39.4 Å². The number of rotatable bonds is 6. The Balaban J connectivity index is 2.78. The largest absolute Gasteiger partial charge is 0.394 e. The molecule has 0 bridgehead atoms. The van der Waals surface area contributed by atoms with Crippen molar-refractivity contribution in [1.29, 1.82) is 0 Å². The highest BCUT2D eigenvalue weighted by Crippen LogP contribution is 2.14. The summed E-state index contributed by atoms with van der Waals surface area (Å²) < 4.78 is 0.697. The lowest BCUT2D eigenvalue weighted by atomic mass is 10.3. The maximum absolute atomic E-state index is 8.95. The van der Waals surface area contributed by atoms with Gasteiger partial charge in [0.1, 0.15) is 16.2 Å². The van der Waals surface area contributed by atoms with Crippen molar-refractivity contribution in [3.8, 4) is 0 Å². The standard InChI is InChI=1S/C10H16BrN3O2/c1-2-3-9-13-8(11)4-10(14-9)12-7(5-15)6-16/h4,7,15-16H,2-3,5-6H2,1H3,(H,12,13,14). The topological polar surface area (TPSA) is 78.3 Å². The average molecular weight is 290 g/mol. The van der Waals surface area contributed by atoms with Gasteiger partial charge in [-0.2, -0.15) is 0 Å². The molecular formula is C10H16BrN3O2. The van der Waals surface area contributed by atoms with Crippen LogP contribution in [0.1, 0.15) is 19.2 Å². The Kier molecular flexibility index (Phi) is 5.65. The van der Waals surface area contributed by atoms with E-state index in [4.69, 9.17) is 10.2 Å². The first-order valence-electron chi connectivity index (χ1n) is 5.21. The molecule has 90 valence electrons. The van der Waals surface area contributed by atoms with Gasteiger partial charge in [0.25, 0.3) is 0 Å². The van der Waals surface area contributed by atoms with Crippen LogP contribution in [0.25, 0.3) is 0 Å². The molecule has 1 rings (SSSR count). The van der Waals surface area contributed by atoms with Crippen molar-refractivity contribution in [2.75, 3.05) is 18.5 Å². The lowest BCUT2D eigenvalue weighted by Crippen LogP contribution is -2.28. The fourth-order valence-electron chi connectivity index (χ4n) is 1.23. The van der Waals surface area contributed by atoms with E-state index in [2.05, 4.69) is 38.1 Å². The Morgan fingerprint density at radius 3 is 2.62 bits per heavy atom.